The summed E-state index contributed by atoms with van der Waals surface area (Å²) in [4.78, 5) is 0. The minimum absolute atomic E-state index is 0.184. The summed E-state index contributed by atoms with van der Waals surface area (Å²) in [5, 5.41) is 11.7. The van der Waals surface area contributed by atoms with Crippen LogP contribution in [0.15, 0.2) is 22.7 Å². The van der Waals surface area contributed by atoms with Gasteiger partial charge in [-0.1, -0.05) is 28.1 Å². The van der Waals surface area contributed by atoms with Crippen molar-refractivity contribution < 1.29 is 5.11 Å². The number of benzene rings is 1. The van der Waals surface area contributed by atoms with Crippen molar-refractivity contribution in [2.24, 2.45) is 0 Å². The number of aliphatic hydroxyl groups excluding tert-OH is 1. The van der Waals surface area contributed by atoms with Crippen LogP contribution in [0, 0.1) is 6.92 Å². The molecule has 1 aromatic carbocycles. The van der Waals surface area contributed by atoms with E-state index in [-0.39, 0.29) is 6.61 Å². The molecule has 0 fully saturated rings. The fourth-order valence-corrected chi connectivity index (χ4v) is 1.73. The molecule has 0 aliphatic rings. The Kier molecular flexibility index (Phi) is 4.42. The maximum atomic E-state index is 8.58. The Bertz CT molecular complexity index is 276. The predicted octanol–water partition coefficient (Wildman–Crippen LogP) is 1.84. The maximum absolute atomic E-state index is 8.58. The lowest BCUT2D eigenvalue weighted by Crippen LogP contribution is -2.17. The highest BCUT2D eigenvalue weighted by atomic mass is 79.9. The highest BCUT2D eigenvalue weighted by Crippen LogP contribution is 2.17. The topological polar surface area (TPSA) is 32.3 Å². The van der Waals surface area contributed by atoms with E-state index in [9.17, 15) is 0 Å². The Morgan fingerprint density at radius 1 is 1.46 bits per heavy atom. The third-order valence-electron chi connectivity index (χ3n) is 1.81. The lowest BCUT2D eigenvalue weighted by Gasteiger charge is -2.06. The second-order valence-electron chi connectivity index (χ2n) is 3.00. The van der Waals surface area contributed by atoms with Crippen LogP contribution in [0.25, 0.3) is 0 Å². The highest BCUT2D eigenvalue weighted by Gasteiger charge is 1.98. The summed E-state index contributed by atoms with van der Waals surface area (Å²) in [5.41, 5.74) is 2.47. The second-order valence-corrected chi connectivity index (χ2v) is 3.85. The Labute approximate surface area is 87.1 Å². The van der Waals surface area contributed by atoms with Crippen molar-refractivity contribution in [2.45, 2.75) is 13.5 Å². The van der Waals surface area contributed by atoms with Crippen LogP contribution in [0.2, 0.25) is 0 Å². The standard InChI is InChI=1S/C10H14BrNO/c1-8-2-3-9(10(11)6-8)7-12-4-5-13/h2-3,6,12-13H,4-5,7H2,1H3. The van der Waals surface area contributed by atoms with Gasteiger partial charge in [0, 0.05) is 17.6 Å². The van der Waals surface area contributed by atoms with E-state index in [0.717, 1.165) is 11.0 Å². The predicted molar refractivity (Wildman–Crippen MR) is 57.7 cm³/mol. The van der Waals surface area contributed by atoms with Crippen LogP contribution in [0.4, 0.5) is 0 Å². The van der Waals surface area contributed by atoms with Gasteiger partial charge < -0.3 is 10.4 Å². The normalized spacial score (nSPS) is 10.4. The summed E-state index contributed by atoms with van der Waals surface area (Å²) < 4.78 is 1.12. The first-order valence-corrected chi connectivity index (χ1v) is 5.10. The minimum atomic E-state index is 0.184. The first-order valence-electron chi connectivity index (χ1n) is 4.30. The first-order chi connectivity index (χ1) is 6.24. The van der Waals surface area contributed by atoms with E-state index in [2.05, 4.69) is 46.4 Å². The van der Waals surface area contributed by atoms with Crippen molar-refractivity contribution in [1.82, 2.24) is 5.32 Å². The zero-order valence-electron chi connectivity index (χ0n) is 7.68. The van der Waals surface area contributed by atoms with Gasteiger partial charge in [0.2, 0.25) is 0 Å². The van der Waals surface area contributed by atoms with Crippen LogP contribution in [-0.4, -0.2) is 18.3 Å². The summed E-state index contributed by atoms with van der Waals surface area (Å²) in [6.45, 7) is 3.68. The van der Waals surface area contributed by atoms with Crippen LogP contribution < -0.4 is 5.32 Å². The minimum Gasteiger partial charge on any atom is -0.395 e. The smallest absolute Gasteiger partial charge is 0.0556 e. The molecule has 13 heavy (non-hydrogen) atoms. The molecule has 0 bridgehead atoms. The van der Waals surface area contributed by atoms with Gasteiger partial charge in [-0.3, -0.25) is 0 Å². The van der Waals surface area contributed by atoms with Crippen molar-refractivity contribution in [3.8, 4) is 0 Å². The van der Waals surface area contributed by atoms with E-state index >= 15 is 0 Å². The molecule has 0 heterocycles. The molecule has 0 unspecified atom stereocenters. The van der Waals surface area contributed by atoms with Gasteiger partial charge in [-0.15, -0.1) is 0 Å². The van der Waals surface area contributed by atoms with Crippen LogP contribution >= 0.6 is 15.9 Å². The number of hydrogen-bond donors (Lipinski definition) is 2. The van der Waals surface area contributed by atoms with Gasteiger partial charge in [-0.25, -0.2) is 0 Å². The Morgan fingerprint density at radius 2 is 2.23 bits per heavy atom. The number of hydrogen-bond acceptors (Lipinski definition) is 2. The molecule has 0 spiro atoms. The molecule has 0 aromatic heterocycles. The molecule has 0 aliphatic heterocycles. The van der Waals surface area contributed by atoms with Gasteiger partial charge in [0.25, 0.3) is 0 Å². The zero-order chi connectivity index (χ0) is 9.68. The molecule has 2 nitrogen and oxygen atoms in total. The monoisotopic (exact) mass is 243 g/mol. The molecule has 2 N–H and O–H groups in total. The number of rotatable bonds is 4. The van der Waals surface area contributed by atoms with Crippen LogP contribution in [-0.2, 0) is 6.54 Å². The Morgan fingerprint density at radius 3 is 2.85 bits per heavy atom. The average molecular weight is 244 g/mol. The molecule has 1 rings (SSSR count). The third kappa shape index (κ3) is 3.46. The van der Waals surface area contributed by atoms with Crippen molar-refractivity contribution in [3.63, 3.8) is 0 Å². The van der Waals surface area contributed by atoms with Gasteiger partial charge in [0.1, 0.15) is 0 Å². The largest absolute Gasteiger partial charge is 0.395 e. The fraction of sp³-hybridized carbons (Fsp3) is 0.400. The molecule has 0 saturated heterocycles. The fourth-order valence-electron chi connectivity index (χ4n) is 1.10. The van der Waals surface area contributed by atoms with Gasteiger partial charge in [0.15, 0.2) is 0 Å². The van der Waals surface area contributed by atoms with Gasteiger partial charge >= 0.3 is 0 Å². The van der Waals surface area contributed by atoms with Gasteiger partial charge in [-0.2, -0.15) is 0 Å². The van der Waals surface area contributed by atoms with E-state index in [1.54, 1.807) is 0 Å². The highest BCUT2D eigenvalue weighted by molar-refractivity contribution is 9.10. The maximum Gasteiger partial charge on any atom is 0.0556 e. The quantitative estimate of drug-likeness (QED) is 0.792. The molecule has 0 saturated carbocycles. The molecule has 3 heteroatoms. The number of aryl methyl sites for hydroxylation is 1. The first kappa shape index (κ1) is 10.7. The molecular weight excluding hydrogens is 230 g/mol. The van der Waals surface area contributed by atoms with E-state index in [0.29, 0.717) is 6.54 Å². The summed E-state index contributed by atoms with van der Waals surface area (Å²) in [6, 6.07) is 6.26. The van der Waals surface area contributed by atoms with Crippen molar-refractivity contribution in [1.29, 1.82) is 0 Å². The molecule has 0 atom stereocenters. The Balaban J connectivity index is 2.56. The van der Waals surface area contributed by atoms with Crippen LogP contribution in [0.5, 0.6) is 0 Å². The SMILES string of the molecule is Cc1ccc(CNCCO)c(Br)c1. The lowest BCUT2D eigenvalue weighted by atomic mass is 10.1. The number of halogens is 1. The summed E-state index contributed by atoms with van der Waals surface area (Å²) >= 11 is 3.50. The summed E-state index contributed by atoms with van der Waals surface area (Å²) in [7, 11) is 0. The molecule has 0 amide bonds. The second kappa shape index (κ2) is 5.37. The van der Waals surface area contributed by atoms with E-state index in [1.165, 1.54) is 11.1 Å². The van der Waals surface area contributed by atoms with Crippen molar-refractivity contribution >= 4 is 15.9 Å². The summed E-state index contributed by atoms with van der Waals surface area (Å²) in [6.07, 6.45) is 0. The average Bonchev–Trinajstić information content (AvgIpc) is 2.09. The molecule has 0 radical (unpaired) electrons. The molecular formula is C10H14BrNO. The number of aliphatic hydroxyl groups is 1. The Hall–Kier alpha value is -0.380. The molecule has 0 aliphatic carbocycles. The van der Waals surface area contributed by atoms with Crippen LogP contribution in [0.3, 0.4) is 0 Å². The van der Waals surface area contributed by atoms with Crippen molar-refractivity contribution in [2.75, 3.05) is 13.2 Å². The molecule has 72 valence electrons. The zero-order valence-corrected chi connectivity index (χ0v) is 9.26. The lowest BCUT2D eigenvalue weighted by molar-refractivity contribution is 0.292. The summed E-state index contributed by atoms with van der Waals surface area (Å²) in [5.74, 6) is 0. The van der Waals surface area contributed by atoms with Gasteiger partial charge in [0.05, 0.1) is 6.61 Å². The third-order valence-corrected chi connectivity index (χ3v) is 2.55. The van der Waals surface area contributed by atoms with Crippen molar-refractivity contribution in [3.05, 3.63) is 33.8 Å². The van der Waals surface area contributed by atoms with E-state index in [1.807, 2.05) is 0 Å². The van der Waals surface area contributed by atoms with Gasteiger partial charge in [-0.05, 0) is 24.1 Å². The van der Waals surface area contributed by atoms with Crippen LogP contribution in [0.1, 0.15) is 11.1 Å². The molecule has 1 aromatic rings. The van der Waals surface area contributed by atoms with E-state index in [4.69, 9.17) is 5.11 Å². The van der Waals surface area contributed by atoms with E-state index < -0.39 is 0 Å². The number of nitrogens with one attached hydrogen (secondary N) is 1.